The molecule has 5 aromatic rings. The molecule has 4 amide bonds. The van der Waals surface area contributed by atoms with Crippen LogP contribution in [0.2, 0.25) is 0 Å². The summed E-state index contributed by atoms with van der Waals surface area (Å²) in [5, 5.41) is 7.41. The second-order valence-electron chi connectivity index (χ2n) is 16.3. The predicted octanol–water partition coefficient (Wildman–Crippen LogP) is 7.91. The molecule has 16 heteroatoms. The Morgan fingerprint density at radius 2 is 1.68 bits per heavy atom. The van der Waals surface area contributed by atoms with E-state index in [1.807, 2.05) is 49.8 Å². The second-order valence-corrected chi connectivity index (χ2v) is 17.7. The molecule has 0 radical (unpaired) electrons. The normalized spacial score (nSPS) is 20.7. The number of alkyl halides is 1. The molecule has 3 aromatic carbocycles. The van der Waals surface area contributed by atoms with Gasteiger partial charge in [0.1, 0.15) is 30.0 Å². The van der Waals surface area contributed by atoms with Crippen molar-refractivity contribution in [1.82, 2.24) is 40.4 Å². The molecule has 6 atom stereocenters. The number of carbonyl (C=O) groups excluding carboxylic acids is 4. The zero-order chi connectivity index (χ0) is 42.4. The quantitative estimate of drug-likeness (QED) is 0.0614. The van der Waals surface area contributed by atoms with Gasteiger partial charge in [-0.05, 0) is 91.3 Å². The number of benzene rings is 3. The van der Waals surface area contributed by atoms with Crippen LogP contribution >= 0.6 is 22.6 Å². The van der Waals surface area contributed by atoms with Gasteiger partial charge in [-0.25, -0.2) is 19.6 Å². The minimum absolute atomic E-state index is 0.00606. The topological polar surface area (TPSA) is 184 Å². The van der Waals surface area contributed by atoms with Gasteiger partial charge in [-0.3, -0.25) is 9.59 Å². The predicted molar refractivity (Wildman–Crippen MR) is 234 cm³/mol. The molecular weight excluding hydrogens is 879 g/mol. The molecule has 2 aromatic heterocycles. The van der Waals surface area contributed by atoms with Crippen LogP contribution in [0, 0.1) is 11.8 Å². The van der Waals surface area contributed by atoms with Crippen molar-refractivity contribution < 1.29 is 33.4 Å². The van der Waals surface area contributed by atoms with Crippen LogP contribution in [-0.4, -0.2) is 90.6 Å². The third-order valence-corrected chi connectivity index (χ3v) is 13.5. The molecule has 0 spiro atoms. The summed E-state index contributed by atoms with van der Waals surface area (Å²) in [5.41, 5.74) is 6.64. The largest absolute Gasteiger partial charge is 0.488 e. The Kier molecular flexibility index (Phi) is 11.7. The van der Waals surface area contributed by atoms with Crippen LogP contribution in [0.3, 0.4) is 0 Å². The number of nitrogens with one attached hydrogen (secondary N) is 4. The molecule has 3 aliphatic rings. The van der Waals surface area contributed by atoms with Crippen LogP contribution in [-0.2, 0) is 25.7 Å². The average molecular weight is 931 g/mol. The van der Waals surface area contributed by atoms with Gasteiger partial charge in [0.05, 0.1) is 59.2 Å². The Balaban J connectivity index is 1.03. The number of hydrogen-bond acceptors (Lipinski definition) is 9. The molecular formula is C44H51IN8O7. The number of hydrogen-bond donors (Lipinski definition) is 4. The molecule has 8 rings (SSSR count). The molecule has 3 unspecified atom stereocenters. The van der Waals surface area contributed by atoms with Crippen molar-refractivity contribution in [3.05, 3.63) is 65.9 Å². The summed E-state index contributed by atoms with van der Waals surface area (Å²) in [5.74, 6) is 1.57. The van der Waals surface area contributed by atoms with Crippen molar-refractivity contribution in [2.24, 2.45) is 11.8 Å². The van der Waals surface area contributed by atoms with Crippen LogP contribution in [0.1, 0.15) is 89.1 Å². The molecule has 15 nitrogen and oxygen atoms in total. The zero-order valence-corrected chi connectivity index (χ0v) is 36.8. The number of alkyl carbamates (subject to hydrolysis) is 2. The van der Waals surface area contributed by atoms with Gasteiger partial charge >= 0.3 is 12.2 Å². The number of ether oxygens (including phenoxy) is 3. The van der Waals surface area contributed by atoms with Gasteiger partial charge in [0, 0.05) is 23.5 Å². The molecule has 2 saturated heterocycles. The van der Waals surface area contributed by atoms with Crippen LogP contribution in [0.5, 0.6) is 5.75 Å². The monoisotopic (exact) mass is 930 g/mol. The summed E-state index contributed by atoms with van der Waals surface area (Å²) in [6.07, 6.45) is 4.42. The highest BCUT2D eigenvalue weighted by Crippen LogP contribution is 2.44. The SMILES string of the molecule is CCC(CNC(=O)OC)C(=O)N1C(c2nc3c(ccc4cc5c(cc43)OCc3cc(-c4cnc(C6CC[C@H](C)N6C(=O)[C@@H](NC(=O)OC)C(C)C)[nH]4)ccc3-5)[nH]2)CC[C@@H]1I. The number of H-pyrrole nitrogens is 2. The van der Waals surface area contributed by atoms with Gasteiger partial charge in [-0.15, -0.1) is 0 Å². The maximum atomic E-state index is 13.9. The molecule has 2 fully saturated rings. The van der Waals surface area contributed by atoms with Crippen molar-refractivity contribution >= 4 is 68.4 Å². The van der Waals surface area contributed by atoms with E-state index in [-0.39, 0.29) is 52.4 Å². The molecule has 0 saturated carbocycles. The molecule has 60 heavy (non-hydrogen) atoms. The molecule has 0 aliphatic carbocycles. The minimum Gasteiger partial charge on any atom is -0.488 e. The van der Waals surface area contributed by atoms with Crippen molar-refractivity contribution in [3.63, 3.8) is 0 Å². The summed E-state index contributed by atoms with van der Waals surface area (Å²) in [6.45, 7) is 8.39. The lowest BCUT2D eigenvalue weighted by molar-refractivity contribution is -0.138. The number of rotatable bonds is 10. The maximum Gasteiger partial charge on any atom is 0.407 e. The van der Waals surface area contributed by atoms with E-state index in [0.29, 0.717) is 18.9 Å². The summed E-state index contributed by atoms with van der Waals surface area (Å²) >= 11 is 2.33. The first kappa shape index (κ1) is 41.3. The second kappa shape index (κ2) is 16.9. The number of halogens is 1. The highest BCUT2D eigenvalue weighted by Gasteiger charge is 2.42. The summed E-state index contributed by atoms with van der Waals surface area (Å²) in [7, 11) is 2.60. The van der Waals surface area contributed by atoms with E-state index in [2.05, 4.69) is 79.6 Å². The average Bonchev–Trinajstić information content (AvgIpc) is 4.07. The Bertz CT molecular complexity index is 2470. The molecule has 5 heterocycles. The lowest BCUT2D eigenvalue weighted by atomic mass is 9.92. The summed E-state index contributed by atoms with van der Waals surface area (Å²) < 4.78 is 16.0. The first-order chi connectivity index (χ1) is 28.9. The first-order valence-corrected chi connectivity index (χ1v) is 21.9. The minimum atomic E-state index is -0.717. The fourth-order valence-electron chi connectivity index (χ4n) is 8.99. The van der Waals surface area contributed by atoms with Crippen molar-refractivity contribution in [2.75, 3.05) is 20.8 Å². The number of aromatic nitrogens is 4. The highest BCUT2D eigenvalue weighted by atomic mass is 127. The lowest BCUT2D eigenvalue weighted by Gasteiger charge is -2.32. The Morgan fingerprint density at radius 3 is 2.43 bits per heavy atom. The van der Waals surface area contributed by atoms with E-state index in [1.54, 1.807) is 0 Å². The Hall–Kier alpha value is -5.39. The van der Waals surface area contributed by atoms with Gasteiger partial charge in [0.2, 0.25) is 11.8 Å². The zero-order valence-electron chi connectivity index (χ0n) is 34.6. The molecule has 4 N–H and O–H groups in total. The number of nitrogens with zero attached hydrogens (tertiary/aromatic N) is 4. The van der Waals surface area contributed by atoms with Gasteiger partial charge in [0.25, 0.3) is 0 Å². The van der Waals surface area contributed by atoms with Gasteiger partial charge < -0.3 is 44.6 Å². The van der Waals surface area contributed by atoms with Crippen LogP contribution in [0.15, 0.2) is 48.7 Å². The standard InChI is InChI=1S/C44H51IN8O7/c1-7-24(19-47-43(56)58-5)41(54)53-34(14-15-36(53)45)40-48-31-12-10-25-17-30-28-11-9-26(16-27(28)21-60-35(30)18-29(25)38(31)50-40)32-20-46-39(49-32)33-13-8-23(4)52(33)42(55)37(22(2)3)51-44(57)59-6/h9-12,16-18,20,22-24,33-34,36-37H,7-8,13-15,19,21H2,1-6H3,(H,46,49)(H,47,56)(H,48,50)(H,51,57)/t23-,24?,33?,34?,36+,37-/m0/s1. The lowest BCUT2D eigenvalue weighted by Crippen LogP contribution is -2.52. The van der Waals surface area contributed by atoms with E-state index in [1.165, 1.54) is 14.2 Å². The van der Waals surface area contributed by atoms with E-state index >= 15 is 0 Å². The van der Waals surface area contributed by atoms with Crippen molar-refractivity contribution in [1.29, 1.82) is 0 Å². The number of imidazole rings is 2. The molecule has 316 valence electrons. The van der Waals surface area contributed by atoms with Gasteiger partial charge in [-0.1, -0.05) is 61.6 Å². The van der Waals surface area contributed by atoms with E-state index < -0.39 is 18.2 Å². The molecule has 0 bridgehead atoms. The Labute approximate surface area is 361 Å². The first-order valence-electron chi connectivity index (χ1n) is 20.6. The third-order valence-electron chi connectivity index (χ3n) is 12.3. The van der Waals surface area contributed by atoms with Gasteiger partial charge in [-0.2, -0.15) is 0 Å². The number of carbonyl (C=O) groups is 4. The van der Waals surface area contributed by atoms with E-state index in [4.69, 9.17) is 24.2 Å². The Morgan fingerprint density at radius 1 is 0.917 bits per heavy atom. The van der Waals surface area contributed by atoms with Crippen molar-refractivity contribution in [3.8, 4) is 28.1 Å². The summed E-state index contributed by atoms with van der Waals surface area (Å²) in [6, 6.07) is 13.5. The number of likely N-dealkylation sites (tertiary alicyclic amines) is 2. The fourth-order valence-corrected chi connectivity index (χ4v) is 10.0. The summed E-state index contributed by atoms with van der Waals surface area (Å²) in [4.78, 5) is 72.3. The van der Waals surface area contributed by atoms with Crippen LogP contribution < -0.4 is 15.4 Å². The van der Waals surface area contributed by atoms with E-state index in [9.17, 15) is 19.2 Å². The van der Waals surface area contributed by atoms with E-state index in [0.717, 1.165) is 87.0 Å². The molecule has 3 aliphatic heterocycles. The number of amides is 4. The fraction of sp³-hybridized carbons (Fsp3) is 0.455. The number of aromatic amines is 2. The third kappa shape index (κ3) is 7.62. The smallest absolute Gasteiger partial charge is 0.407 e. The number of methoxy groups -OCH3 is 2. The van der Waals surface area contributed by atoms with Crippen LogP contribution in [0.25, 0.3) is 44.2 Å². The maximum absolute atomic E-state index is 13.9. The van der Waals surface area contributed by atoms with Crippen LogP contribution in [0.4, 0.5) is 9.59 Å². The van der Waals surface area contributed by atoms with Gasteiger partial charge in [0.15, 0.2) is 0 Å². The highest BCUT2D eigenvalue weighted by molar-refractivity contribution is 14.1. The van der Waals surface area contributed by atoms with Crippen molar-refractivity contribution in [2.45, 2.75) is 94.6 Å². The number of fused-ring (bicyclic) bond motifs is 6.